The van der Waals surface area contributed by atoms with Crippen LogP contribution in [0.4, 0.5) is 11.5 Å². The first kappa shape index (κ1) is 22.2. The van der Waals surface area contributed by atoms with Gasteiger partial charge in [-0.25, -0.2) is 4.98 Å². The maximum atomic E-state index is 13.1. The molecule has 3 aliphatic rings. The van der Waals surface area contributed by atoms with E-state index in [1.807, 2.05) is 17.2 Å². The van der Waals surface area contributed by atoms with E-state index in [0.29, 0.717) is 25.0 Å². The fraction of sp³-hybridized carbons (Fsp3) is 0.640. The van der Waals surface area contributed by atoms with Crippen molar-refractivity contribution in [3.8, 4) is 0 Å². The number of carbonyl (C=O) groups excluding carboxylic acids is 1. The van der Waals surface area contributed by atoms with E-state index >= 15 is 0 Å². The van der Waals surface area contributed by atoms with Crippen LogP contribution >= 0.6 is 0 Å². The molecule has 2 aliphatic heterocycles. The normalized spacial score (nSPS) is 22.5. The highest BCUT2D eigenvalue weighted by atomic mass is 16.5. The van der Waals surface area contributed by atoms with Gasteiger partial charge in [0.15, 0.2) is 5.82 Å². The Morgan fingerprint density at radius 1 is 1.27 bits per heavy atom. The summed E-state index contributed by atoms with van der Waals surface area (Å²) in [5.41, 5.74) is 11.0. The summed E-state index contributed by atoms with van der Waals surface area (Å²) in [4.78, 5) is 22.6. The number of amides is 1. The van der Waals surface area contributed by atoms with Gasteiger partial charge in [0.2, 0.25) is 5.91 Å². The molecule has 33 heavy (non-hydrogen) atoms. The first-order chi connectivity index (χ1) is 15.7. The number of carbonyl (C=O) groups is 1. The largest absolute Gasteiger partial charge is 0.395 e. The Morgan fingerprint density at radius 3 is 2.73 bits per heavy atom. The number of aromatic nitrogens is 3. The first-order valence-electron chi connectivity index (χ1n) is 12.2. The smallest absolute Gasteiger partial charge is 0.244 e. The minimum absolute atomic E-state index is 0.100. The van der Waals surface area contributed by atoms with Gasteiger partial charge in [-0.3, -0.25) is 9.48 Å². The highest BCUT2D eigenvalue weighted by Gasteiger charge is 2.39. The second-order valence-electron chi connectivity index (χ2n) is 10.7. The minimum Gasteiger partial charge on any atom is -0.395 e. The number of ether oxygens (including phenoxy) is 1. The Hall–Kier alpha value is -2.61. The number of nitrogen functional groups attached to an aromatic ring is 1. The van der Waals surface area contributed by atoms with Crippen molar-refractivity contribution in [2.24, 2.45) is 5.92 Å². The molecular formula is C25H36N6O2. The van der Waals surface area contributed by atoms with E-state index in [9.17, 15) is 4.79 Å². The number of pyridine rings is 1. The molecule has 2 aromatic heterocycles. The van der Waals surface area contributed by atoms with Gasteiger partial charge in [-0.05, 0) is 44.2 Å². The maximum absolute atomic E-state index is 13.1. The summed E-state index contributed by atoms with van der Waals surface area (Å²) >= 11 is 0. The molecule has 8 heteroatoms. The van der Waals surface area contributed by atoms with Crippen molar-refractivity contribution in [3.63, 3.8) is 0 Å². The van der Waals surface area contributed by atoms with E-state index < -0.39 is 0 Å². The van der Waals surface area contributed by atoms with Crippen molar-refractivity contribution in [1.82, 2.24) is 19.7 Å². The van der Waals surface area contributed by atoms with E-state index in [1.54, 1.807) is 10.9 Å². The number of rotatable bonds is 5. The number of anilines is 2. The molecule has 4 heterocycles. The summed E-state index contributed by atoms with van der Waals surface area (Å²) in [7, 11) is 0. The van der Waals surface area contributed by atoms with Crippen molar-refractivity contribution in [1.29, 1.82) is 0 Å². The number of hydrogen-bond donors (Lipinski definition) is 1. The Kier molecular flexibility index (Phi) is 5.59. The molecule has 5 rings (SSSR count). The molecule has 2 N–H and O–H groups in total. The Labute approximate surface area is 196 Å². The molecule has 1 atom stereocenters. The van der Waals surface area contributed by atoms with Crippen LogP contribution in [0.25, 0.3) is 0 Å². The van der Waals surface area contributed by atoms with Crippen molar-refractivity contribution in [2.45, 2.75) is 77.7 Å². The zero-order chi connectivity index (χ0) is 23.3. The van der Waals surface area contributed by atoms with Gasteiger partial charge >= 0.3 is 0 Å². The van der Waals surface area contributed by atoms with E-state index in [0.717, 1.165) is 31.0 Å². The second-order valence-corrected chi connectivity index (χ2v) is 10.7. The molecule has 1 saturated carbocycles. The van der Waals surface area contributed by atoms with E-state index in [4.69, 9.17) is 15.5 Å². The fourth-order valence-electron chi connectivity index (χ4n) is 5.24. The number of piperazine rings is 1. The summed E-state index contributed by atoms with van der Waals surface area (Å²) < 4.78 is 7.82. The Balaban J connectivity index is 1.43. The van der Waals surface area contributed by atoms with Gasteiger partial charge in [-0.15, -0.1) is 0 Å². The summed E-state index contributed by atoms with van der Waals surface area (Å²) in [6, 6.07) is 1.95. The standard InChI is InChI=1S/C25H36N6O2/c1-16(2)20-13-29(10-11-31(20)21(32)14-30-9-5-8-27-30)24-22(26)18-12-25(3,4)33-15-19(18)23(28-24)17-6-7-17/h5,8-9,16-17,20H,6-7,10-15,26H2,1-4H3/t20-/m0/s1. The number of hydrogen-bond acceptors (Lipinski definition) is 6. The first-order valence-corrected chi connectivity index (χ1v) is 12.2. The number of nitrogens with two attached hydrogens (primary N) is 1. The Morgan fingerprint density at radius 2 is 2.06 bits per heavy atom. The van der Waals surface area contributed by atoms with Crippen LogP contribution in [-0.2, 0) is 29.1 Å². The zero-order valence-corrected chi connectivity index (χ0v) is 20.3. The molecule has 1 saturated heterocycles. The SMILES string of the molecule is CC(C)[C@@H]1CN(c2nc(C3CC3)c3c(c2N)CC(C)(C)OC3)CCN1C(=O)Cn1cccn1. The summed E-state index contributed by atoms with van der Waals surface area (Å²) in [6.07, 6.45) is 6.73. The molecule has 0 spiro atoms. The van der Waals surface area contributed by atoms with Crippen LogP contribution in [0.15, 0.2) is 18.5 Å². The Bertz CT molecular complexity index is 1030. The van der Waals surface area contributed by atoms with E-state index in [1.165, 1.54) is 29.7 Å². The van der Waals surface area contributed by atoms with Crippen LogP contribution in [0, 0.1) is 5.92 Å². The third-order valence-electron chi connectivity index (χ3n) is 7.30. The molecule has 8 nitrogen and oxygen atoms in total. The van der Waals surface area contributed by atoms with Crippen LogP contribution in [0.2, 0.25) is 0 Å². The van der Waals surface area contributed by atoms with Crippen molar-refractivity contribution < 1.29 is 9.53 Å². The van der Waals surface area contributed by atoms with Crippen molar-refractivity contribution in [2.75, 3.05) is 30.3 Å². The predicted octanol–water partition coefficient (Wildman–Crippen LogP) is 2.96. The maximum Gasteiger partial charge on any atom is 0.244 e. The molecular weight excluding hydrogens is 416 g/mol. The van der Waals surface area contributed by atoms with Crippen LogP contribution < -0.4 is 10.6 Å². The molecule has 178 valence electrons. The van der Waals surface area contributed by atoms with Gasteiger partial charge in [0.1, 0.15) is 6.54 Å². The molecule has 1 aliphatic carbocycles. The quantitative estimate of drug-likeness (QED) is 0.750. The third kappa shape index (κ3) is 4.33. The second kappa shape index (κ2) is 8.31. The lowest BCUT2D eigenvalue weighted by Gasteiger charge is -2.44. The van der Waals surface area contributed by atoms with Gasteiger partial charge in [0.25, 0.3) is 0 Å². The number of nitrogens with zero attached hydrogens (tertiary/aromatic N) is 5. The van der Waals surface area contributed by atoms with Gasteiger partial charge < -0.3 is 20.3 Å². The lowest BCUT2D eigenvalue weighted by atomic mass is 9.89. The van der Waals surface area contributed by atoms with Gasteiger partial charge in [-0.2, -0.15) is 5.10 Å². The average Bonchev–Trinajstić information content (AvgIpc) is 3.49. The van der Waals surface area contributed by atoms with Crippen LogP contribution in [-0.4, -0.2) is 56.8 Å². The minimum atomic E-state index is -0.224. The number of fused-ring (bicyclic) bond motifs is 1. The van der Waals surface area contributed by atoms with E-state index in [2.05, 4.69) is 37.7 Å². The third-order valence-corrected chi connectivity index (χ3v) is 7.30. The summed E-state index contributed by atoms with van der Waals surface area (Å²) in [5.74, 6) is 1.86. The van der Waals surface area contributed by atoms with Gasteiger partial charge in [0.05, 0.1) is 29.6 Å². The molecule has 0 radical (unpaired) electrons. The van der Waals surface area contributed by atoms with Crippen molar-refractivity contribution in [3.05, 3.63) is 35.3 Å². The van der Waals surface area contributed by atoms with Crippen LogP contribution in [0.5, 0.6) is 0 Å². The molecule has 1 amide bonds. The molecule has 0 bridgehead atoms. The fourth-order valence-corrected chi connectivity index (χ4v) is 5.24. The van der Waals surface area contributed by atoms with Crippen LogP contribution in [0.3, 0.4) is 0 Å². The monoisotopic (exact) mass is 452 g/mol. The van der Waals surface area contributed by atoms with E-state index in [-0.39, 0.29) is 24.1 Å². The average molecular weight is 453 g/mol. The predicted molar refractivity (Wildman–Crippen MR) is 128 cm³/mol. The van der Waals surface area contributed by atoms with Gasteiger partial charge in [0, 0.05) is 49.9 Å². The lowest BCUT2D eigenvalue weighted by molar-refractivity contribution is -0.135. The lowest BCUT2D eigenvalue weighted by Crippen LogP contribution is -2.58. The van der Waals surface area contributed by atoms with Crippen molar-refractivity contribution >= 4 is 17.4 Å². The highest BCUT2D eigenvalue weighted by molar-refractivity contribution is 5.77. The summed E-state index contributed by atoms with van der Waals surface area (Å²) in [5, 5.41) is 4.20. The zero-order valence-electron chi connectivity index (χ0n) is 20.3. The molecule has 2 aromatic rings. The topological polar surface area (TPSA) is 89.5 Å². The molecule has 2 fully saturated rings. The molecule has 0 unspecified atom stereocenters. The van der Waals surface area contributed by atoms with Crippen LogP contribution in [0.1, 0.15) is 63.3 Å². The molecule has 0 aromatic carbocycles. The highest BCUT2D eigenvalue weighted by Crippen LogP contribution is 2.46. The van der Waals surface area contributed by atoms with Gasteiger partial charge in [-0.1, -0.05) is 13.8 Å². The summed E-state index contributed by atoms with van der Waals surface area (Å²) in [6.45, 7) is 11.6.